The summed E-state index contributed by atoms with van der Waals surface area (Å²) in [6.45, 7) is 1.75. The number of hydrogen-bond donors (Lipinski definition) is 1. The Hall–Kier alpha value is -0.180. The number of carboxylic acid groups (broad SMARTS) is 1. The fourth-order valence-electron chi connectivity index (χ4n) is 0.678. The van der Waals surface area contributed by atoms with E-state index >= 15 is 0 Å². The smallest absolute Gasteiger partial charge is 0.0693 e. The van der Waals surface area contributed by atoms with Crippen LogP contribution < -0.4 is 5.11 Å². The molecule has 66 valence electrons. The van der Waals surface area contributed by atoms with Gasteiger partial charge in [0.25, 0.3) is 0 Å². The maximum atomic E-state index is 10.1. The van der Waals surface area contributed by atoms with E-state index in [0.717, 1.165) is 0 Å². The van der Waals surface area contributed by atoms with Gasteiger partial charge < -0.3 is 19.5 Å². The van der Waals surface area contributed by atoms with Gasteiger partial charge in [0.1, 0.15) is 0 Å². The molecular formula is C6H12O4P-. The van der Waals surface area contributed by atoms with Gasteiger partial charge in [0, 0.05) is 21.9 Å². The minimum absolute atomic E-state index is 0.282. The molecule has 0 amide bonds. The van der Waals surface area contributed by atoms with Crippen molar-refractivity contribution in [3.05, 3.63) is 0 Å². The van der Waals surface area contributed by atoms with Crippen LogP contribution in [0, 0.1) is 0 Å². The molecule has 1 unspecified atom stereocenters. The Bertz CT molecular complexity index is 135. The molecule has 0 radical (unpaired) electrons. The summed E-state index contributed by atoms with van der Waals surface area (Å²) in [6, 6.07) is 0. The lowest BCUT2D eigenvalue weighted by Gasteiger charge is -2.22. The van der Waals surface area contributed by atoms with E-state index in [4.69, 9.17) is 0 Å². The molecule has 11 heavy (non-hydrogen) atoms. The molecule has 0 aliphatic heterocycles. The van der Waals surface area contributed by atoms with Crippen LogP contribution in [-0.2, 0) is 9.32 Å². The molecule has 0 spiro atoms. The predicted molar refractivity (Wildman–Crippen MR) is 40.5 cm³/mol. The second-order valence-electron chi connectivity index (χ2n) is 2.67. The van der Waals surface area contributed by atoms with Gasteiger partial charge in [-0.05, 0) is 13.3 Å². The van der Waals surface area contributed by atoms with Crippen LogP contribution in [0.2, 0.25) is 0 Å². The van der Waals surface area contributed by atoms with Gasteiger partial charge in [0.2, 0.25) is 0 Å². The molecule has 0 aromatic heterocycles. The third-order valence-corrected chi connectivity index (χ3v) is 1.52. The predicted octanol–water partition coefficient (Wildman–Crippen LogP) is -0.926. The maximum absolute atomic E-state index is 10.1. The van der Waals surface area contributed by atoms with Gasteiger partial charge in [0.15, 0.2) is 0 Å². The van der Waals surface area contributed by atoms with Crippen LogP contribution >= 0.6 is 9.47 Å². The largest absolute Gasteiger partial charge is 0.550 e. The van der Waals surface area contributed by atoms with Crippen LogP contribution in [0.1, 0.15) is 19.8 Å². The molecule has 4 nitrogen and oxygen atoms in total. The number of aliphatic hydroxyl groups is 1. The number of rotatable bonds is 5. The first-order chi connectivity index (χ1) is 4.98. The highest BCUT2D eigenvalue weighted by Gasteiger charge is 2.19. The lowest BCUT2D eigenvalue weighted by Crippen LogP contribution is -2.35. The lowest BCUT2D eigenvalue weighted by molar-refractivity contribution is -0.309. The third-order valence-electron chi connectivity index (χ3n) is 1.28. The molecule has 0 aromatic carbocycles. The van der Waals surface area contributed by atoms with Crippen molar-refractivity contribution in [3.63, 3.8) is 0 Å². The minimum atomic E-state index is -1.25. The monoisotopic (exact) mass is 179 g/mol. The van der Waals surface area contributed by atoms with Crippen molar-refractivity contribution in [2.75, 3.05) is 6.61 Å². The third kappa shape index (κ3) is 6.23. The molecule has 0 aromatic rings. The number of carbonyl (C=O) groups excluding carboxylic acids is 1. The first-order valence-electron chi connectivity index (χ1n) is 3.22. The van der Waals surface area contributed by atoms with Gasteiger partial charge in [0.05, 0.1) is 12.2 Å². The Labute approximate surface area is 67.8 Å². The summed E-state index contributed by atoms with van der Waals surface area (Å²) in [5.74, 6) is -1.25. The minimum Gasteiger partial charge on any atom is -0.550 e. The standard InChI is InChI=1S/C6H13O4P/c1-6(9,2-3-10-11)4-5(7)8/h9H,2-4,11H2,1H3,(H,7,8)/p-1/t6-/m1/s1. The van der Waals surface area contributed by atoms with Crippen molar-refractivity contribution < 1.29 is 19.5 Å². The highest BCUT2D eigenvalue weighted by atomic mass is 31.0. The fourth-order valence-corrected chi connectivity index (χ4v) is 0.796. The number of carbonyl (C=O) groups is 1. The van der Waals surface area contributed by atoms with Crippen molar-refractivity contribution in [2.24, 2.45) is 0 Å². The molecule has 0 aliphatic carbocycles. The zero-order valence-electron chi connectivity index (χ0n) is 6.37. The van der Waals surface area contributed by atoms with Crippen molar-refractivity contribution in [2.45, 2.75) is 25.4 Å². The molecule has 0 saturated heterocycles. The van der Waals surface area contributed by atoms with Crippen LogP contribution in [-0.4, -0.2) is 23.3 Å². The summed E-state index contributed by atoms with van der Waals surface area (Å²) in [5.41, 5.74) is -1.23. The number of aliphatic carboxylic acids is 1. The first-order valence-corrected chi connectivity index (χ1v) is 3.69. The molecule has 0 saturated carbocycles. The molecule has 2 atom stereocenters. The average Bonchev–Trinajstić information content (AvgIpc) is 1.81. The average molecular weight is 179 g/mol. The molecule has 0 rings (SSSR count). The normalized spacial score (nSPS) is 15.9. The zero-order valence-corrected chi connectivity index (χ0v) is 7.53. The topological polar surface area (TPSA) is 69.6 Å². The van der Waals surface area contributed by atoms with Crippen LogP contribution in [0.4, 0.5) is 0 Å². The Morgan fingerprint density at radius 3 is 2.73 bits per heavy atom. The summed E-state index contributed by atoms with van der Waals surface area (Å²) in [5, 5.41) is 19.4. The van der Waals surface area contributed by atoms with E-state index in [9.17, 15) is 15.0 Å². The van der Waals surface area contributed by atoms with Gasteiger partial charge in [-0.15, -0.1) is 0 Å². The van der Waals surface area contributed by atoms with E-state index in [1.807, 2.05) is 9.47 Å². The molecule has 5 heteroatoms. The quantitative estimate of drug-likeness (QED) is 0.554. The van der Waals surface area contributed by atoms with Crippen molar-refractivity contribution in [3.8, 4) is 0 Å². The summed E-state index contributed by atoms with van der Waals surface area (Å²) in [7, 11) is 2.03. The summed E-state index contributed by atoms with van der Waals surface area (Å²) in [6.07, 6.45) is -0.0779. The van der Waals surface area contributed by atoms with Gasteiger partial charge in [-0.1, -0.05) is 0 Å². The van der Waals surface area contributed by atoms with Gasteiger partial charge in [-0.2, -0.15) is 0 Å². The van der Waals surface area contributed by atoms with Crippen molar-refractivity contribution in [1.82, 2.24) is 0 Å². The van der Waals surface area contributed by atoms with E-state index < -0.39 is 11.6 Å². The highest BCUT2D eigenvalue weighted by molar-refractivity contribution is 7.09. The number of hydrogen-bond acceptors (Lipinski definition) is 4. The first kappa shape index (κ1) is 10.8. The maximum Gasteiger partial charge on any atom is 0.0693 e. The molecule has 0 fully saturated rings. The zero-order chi connectivity index (χ0) is 8.91. The lowest BCUT2D eigenvalue weighted by atomic mass is 9.99. The Morgan fingerprint density at radius 1 is 1.82 bits per heavy atom. The van der Waals surface area contributed by atoms with Gasteiger partial charge >= 0.3 is 0 Å². The van der Waals surface area contributed by atoms with Crippen LogP contribution in [0.5, 0.6) is 0 Å². The van der Waals surface area contributed by atoms with Crippen LogP contribution in [0.25, 0.3) is 0 Å². The second kappa shape index (κ2) is 4.65. The molecule has 0 heterocycles. The Morgan fingerprint density at radius 2 is 2.36 bits per heavy atom. The van der Waals surface area contributed by atoms with Gasteiger partial charge in [-0.3, -0.25) is 0 Å². The van der Waals surface area contributed by atoms with Crippen molar-refractivity contribution in [1.29, 1.82) is 0 Å². The van der Waals surface area contributed by atoms with E-state index in [1.165, 1.54) is 6.92 Å². The molecular weight excluding hydrogens is 167 g/mol. The number of carboxylic acids is 1. The van der Waals surface area contributed by atoms with E-state index in [-0.39, 0.29) is 12.8 Å². The second-order valence-corrected chi connectivity index (χ2v) is 3.00. The molecule has 0 aliphatic rings. The SMILES string of the molecule is C[C@@](O)(CCOP)CC(=O)[O-]. The molecule has 0 bridgehead atoms. The van der Waals surface area contributed by atoms with E-state index in [2.05, 4.69) is 4.52 Å². The Kier molecular flexibility index (Phi) is 4.57. The van der Waals surface area contributed by atoms with Crippen LogP contribution in [0.15, 0.2) is 0 Å². The summed E-state index contributed by atoms with van der Waals surface area (Å²) < 4.78 is 4.60. The summed E-state index contributed by atoms with van der Waals surface area (Å²) in [4.78, 5) is 10.1. The summed E-state index contributed by atoms with van der Waals surface area (Å²) >= 11 is 0. The van der Waals surface area contributed by atoms with Crippen LogP contribution in [0.3, 0.4) is 0 Å². The van der Waals surface area contributed by atoms with Gasteiger partial charge in [-0.25, -0.2) is 0 Å². The molecule has 1 N–H and O–H groups in total. The van der Waals surface area contributed by atoms with E-state index in [1.54, 1.807) is 0 Å². The van der Waals surface area contributed by atoms with Crippen molar-refractivity contribution >= 4 is 15.4 Å². The Balaban J connectivity index is 3.70. The fraction of sp³-hybridized carbons (Fsp3) is 0.833. The van der Waals surface area contributed by atoms with E-state index in [0.29, 0.717) is 6.61 Å². The highest BCUT2D eigenvalue weighted by Crippen LogP contribution is 2.13.